The van der Waals surface area contributed by atoms with Crippen LogP contribution in [0.5, 0.6) is 0 Å². The lowest BCUT2D eigenvalue weighted by Gasteiger charge is -2.33. The van der Waals surface area contributed by atoms with Crippen molar-refractivity contribution in [3.8, 4) is 0 Å². The van der Waals surface area contributed by atoms with Crippen molar-refractivity contribution >= 4 is 11.8 Å². The second kappa shape index (κ2) is 4.85. The Bertz CT molecular complexity index is 360. The number of hydrogen-bond acceptors (Lipinski definition) is 4. The number of piperidine rings is 1. The number of nitrogens with two attached hydrogens (primary N) is 1. The predicted molar refractivity (Wildman–Crippen MR) is 65.7 cm³/mol. The normalized spacial score (nSPS) is 36.8. The highest BCUT2D eigenvalue weighted by atomic mass is 16.5. The van der Waals surface area contributed by atoms with Crippen LogP contribution in [-0.4, -0.2) is 55.6 Å². The van der Waals surface area contributed by atoms with Gasteiger partial charge in [-0.3, -0.25) is 9.59 Å². The molecule has 3 unspecified atom stereocenters. The van der Waals surface area contributed by atoms with Crippen molar-refractivity contribution in [2.75, 3.05) is 26.8 Å². The summed E-state index contributed by atoms with van der Waals surface area (Å²) in [5.74, 6) is 0.0628. The summed E-state index contributed by atoms with van der Waals surface area (Å²) in [5.41, 5.74) is 5.27. The van der Waals surface area contributed by atoms with Crippen molar-refractivity contribution in [3.63, 3.8) is 0 Å². The molecule has 3 atom stereocenters. The Morgan fingerprint density at radius 3 is 2.89 bits per heavy atom. The molecule has 0 bridgehead atoms. The van der Waals surface area contributed by atoms with Gasteiger partial charge in [0, 0.05) is 32.1 Å². The number of amides is 2. The lowest BCUT2D eigenvalue weighted by molar-refractivity contribution is -0.136. The largest absolute Gasteiger partial charge is 0.379 e. The first kappa shape index (κ1) is 13.3. The van der Waals surface area contributed by atoms with Crippen molar-refractivity contribution in [2.45, 2.75) is 31.8 Å². The van der Waals surface area contributed by atoms with Crippen LogP contribution in [0, 0.1) is 5.41 Å². The molecule has 0 spiro atoms. The third kappa shape index (κ3) is 2.35. The lowest BCUT2D eigenvalue weighted by atomic mass is 9.84. The van der Waals surface area contributed by atoms with E-state index < -0.39 is 5.41 Å². The van der Waals surface area contributed by atoms with E-state index in [0.29, 0.717) is 32.6 Å². The van der Waals surface area contributed by atoms with E-state index in [-0.39, 0.29) is 23.9 Å². The summed E-state index contributed by atoms with van der Waals surface area (Å²) in [7, 11) is 1.76. The summed E-state index contributed by atoms with van der Waals surface area (Å²) in [4.78, 5) is 25.3. The second-order valence-corrected chi connectivity index (χ2v) is 5.52. The zero-order valence-electron chi connectivity index (χ0n) is 10.9. The Balaban J connectivity index is 1.93. The van der Waals surface area contributed by atoms with E-state index in [4.69, 9.17) is 10.5 Å². The average Bonchev–Trinajstić information content (AvgIpc) is 2.66. The summed E-state index contributed by atoms with van der Waals surface area (Å²) in [5, 5.41) is 2.99. The van der Waals surface area contributed by atoms with Crippen LogP contribution in [0.15, 0.2) is 0 Å². The zero-order valence-corrected chi connectivity index (χ0v) is 10.9. The van der Waals surface area contributed by atoms with E-state index in [1.807, 2.05) is 6.92 Å². The molecule has 2 aliphatic heterocycles. The SMILES string of the molecule is CN1CC(NC(=O)C2(C)COCC2N)CCC1=O. The molecule has 6 heteroatoms. The van der Waals surface area contributed by atoms with Crippen molar-refractivity contribution in [1.29, 1.82) is 0 Å². The summed E-state index contributed by atoms with van der Waals surface area (Å²) in [6.45, 7) is 3.18. The molecule has 2 saturated heterocycles. The third-order valence-electron chi connectivity index (χ3n) is 4.00. The molecule has 6 nitrogen and oxygen atoms in total. The number of carbonyl (C=O) groups excluding carboxylic acids is 2. The van der Waals surface area contributed by atoms with Crippen LogP contribution in [-0.2, 0) is 14.3 Å². The third-order valence-corrected chi connectivity index (χ3v) is 4.00. The maximum absolute atomic E-state index is 12.3. The van der Waals surface area contributed by atoms with Gasteiger partial charge in [-0.2, -0.15) is 0 Å². The lowest BCUT2D eigenvalue weighted by Crippen LogP contribution is -2.55. The molecule has 2 amide bonds. The minimum atomic E-state index is -0.653. The van der Waals surface area contributed by atoms with Gasteiger partial charge in [-0.1, -0.05) is 0 Å². The maximum atomic E-state index is 12.3. The smallest absolute Gasteiger partial charge is 0.230 e. The average molecular weight is 255 g/mol. The number of likely N-dealkylation sites (tertiary alicyclic amines) is 1. The summed E-state index contributed by atoms with van der Waals surface area (Å²) < 4.78 is 5.27. The molecular weight excluding hydrogens is 234 g/mol. The van der Waals surface area contributed by atoms with Crippen molar-refractivity contribution in [1.82, 2.24) is 10.2 Å². The number of carbonyl (C=O) groups is 2. The molecule has 3 N–H and O–H groups in total. The van der Waals surface area contributed by atoms with E-state index in [0.717, 1.165) is 0 Å². The van der Waals surface area contributed by atoms with Crippen LogP contribution in [0.2, 0.25) is 0 Å². The molecule has 0 aromatic carbocycles. The number of hydrogen-bond donors (Lipinski definition) is 2. The number of ether oxygens (including phenoxy) is 1. The molecule has 0 radical (unpaired) electrons. The first-order valence-corrected chi connectivity index (χ1v) is 6.32. The molecular formula is C12H21N3O3. The Morgan fingerprint density at radius 2 is 2.33 bits per heavy atom. The highest BCUT2D eigenvalue weighted by molar-refractivity contribution is 5.84. The first-order valence-electron chi connectivity index (χ1n) is 6.32. The van der Waals surface area contributed by atoms with Gasteiger partial charge in [0.2, 0.25) is 11.8 Å². The zero-order chi connectivity index (χ0) is 13.3. The first-order chi connectivity index (χ1) is 8.43. The quantitative estimate of drug-likeness (QED) is 0.669. The van der Waals surface area contributed by atoms with Gasteiger partial charge in [0.1, 0.15) is 0 Å². The molecule has 2 aliphatic rings. The standard InChI is InChI=1S/C12H21N3O3/c1-12(7-18-6-9(12)13)11(17)14-8-3-4-10(16)15(2)5-8/h8-9H,3-7,13H2,1-2H3,(H,14,17). The van der Waals surface area contributed by atoms with Crippen molar-refractivity contribution in [2.24, 2.45) is 11.1 Å². The molecule has 2 fully saturated rings. The van der Waals surface area contributed by atoms with Gasteiger partial charge in [-0.15, -0.1) is 0 Å². The fourth-order valence-electron chi connectivity index (χ4n) is 2.40. The summed E-state index contributed by atoms with van der Waals surface area (Å²) in [6, 6.07) is -0.245. The van der Waals surface area contributed by atoms with Crippen LogP contribution < -0.4 is 11.1 Å². The van der Waals surface area contributed by atoms with Crippen LogP contribution in [0.3, 0.4) is 0 Å². The van der Waals surface area contributed by atoms with Gasteiger partial charge in [0.25, 0.3) is 0 Å². The topological polar surface area (TPSA) is 84.7 Å². The number of likely N-dealkylation sites (N-methyl/N-ethyl adjacent to an activating group) is 1. The second-order valence-electron chi connectivity index (χ2n) is 5.52. The monoisotopic (exact) mass is 255 g/mol. The Labute approximate surface area is 107 Å². The van der Waals surface area contributed by atoms with E-state index in [9.17, 15) is 9.59 Å². The van der Waals surface area contributed by atoms with Gasteiger partial charge < -0.3 is 20.7 Å². The van der Waals surface area contributed by atoms with Gasteiger partial charge in [-0.25, -0.2) is 0 Å². The van der Waals surface area contributed by atoms with E-state index in [1.54, 1.807) is 11.9 Å². The highest BCUT2D eigenvalue weighted by Gasteiger charge is 2.45. The molecule has 102 valence electrons. The maximum Gasteiger partial charge on any atom is 0.230 e. The molecule has 0 aromatic heterocycles. The van der Waals surface area contributed by atoms with Gasteiger partial charge in [0.05, 0.1) is 18.6 Å². The fourth-order valence-corrected chi connectivity index (χ4v) is 2.40. The van der Waals surface area contributed by atoms with Gasteiger partial charge in [0.15, 0.2) is 0 Å². The molecule has 0 aliphatic carbocycles. The van der Waals surface area contributed by atoms with Crippen LogP contribution in [0.1, 0.15) is 19.8 Å². The number of rotatable bonds is 2. The molecule has 0 saturated carbocycles. The van der Waals surface area contributed by atoms with Crippen molar-refractivity contribution in [3.05, 3.63) is 0 Å². The fraction of sp³-hybridized carbons (Fsp3) is 0.833. The highest BCUT2D eigenvalue weighted by Crippen LogP contribution is 2.27. The summed E-state index contributed by atoms with van der Waals surface area (Å²) >= 11 is 0. The number of nitrogens with one attached hydrogen (secondary N) is 1. The molecule has 2 rings (SSSR count). The van der Waals surface area contributed by atoms with Crippen LogP contribution in [0.25, 0.3) is 0 Å². The molecule has 2 heterocycles. The van der Waals surface area contributed by atoms with Crippen LogP contribution in [0.4, 0.5) is 0 Å². The van der Waals surface area contributed by atoms with Gasteiger partial charge >= 0.3 is 0 Å². The van der Waals surface area contributed by atoms with E-state index in [2.05, 4.69) is 5.32 Å². The number of nitrogens with zero attached hydrogens (tertiary/aromatic N) is 1. The Morgan fingerprint density at radius 1 is 1.61 bits per heavy atom. The van der Waals surface area contributed by atoms with E-state index in [1.165, 1.54) is 0 Å². The molecule has 18 heavy (non-hydrogen) atoms. The minimum absolute atomic E-state index is 0.0184. The van der Waals surface area contributed by atoms with Crippen LogP contribution >= 0.6 is 0 Å². The Hall–Kier alpha value is -1.14. The minimum Gasteiger partial charge on any atom is -0.379 e. The molecule has 0 aromatic rings. The van der Waals surface area contributed by atoms with Crippen molar-refractivity contribution < 1.29 is 14.3 Å². The van der Waals surface area contributed by atoms with Gasteiger partial charge in [-0.05, 0) is 13.3 Å². The Kier molecular flexibility index (Phi) is 3.59. The van der Waals surface area contributed by atoms with E-state index >= 15 is 0 Å². The summed E-state index contributed by atoms with van der Waals surface area (Å²) in [6.07, 6.45) is 1.18. The predicted octanol–water partition coefficient (Wildman–Crippen LogP) is -0.913.